The average Bonchev–Trinajstić information content (AvgIpc) is 2.57. The zero-order valence-electron chi connectivity index (χ0n) is 10.2. The summed E-state index contributed by atoms with van der Waals surface area (Å²) in [7, 11) is 1.87. The van der Waals surface area contributed by atoms with Crippen LogP contribution in [0.2, 0.25) is 0 Å². The molecule has 6 heteroatoms. The molecule has 0 amide bonds. The number of alkyl halides is 1. The van der Waals surface area contributed by atoms with Gasteiger partial charge < -0.3 is 4.90 Å². The first-order chi connectivity index (χ1) is 8.02. The number of halogens is 1. The lowest BCUT2D eigenvalue weighted by Gasteiger charge is -2.17. The Morgan fingerprint density at radius 1 is 1.24 bits per heavy atom. The molecule has 0 N–H and O–H groups in total. The largest absolute Gasteiger partial charge is 0.356 e. The summed E-state index contributed by atoms with van der Waals surface area (Å²) in [6.45, 7) is 4.74. The van der Waals surface area contributed by atoms with Gasteiger partial charge >= 0.3 is 5.69 Å². The van der Waals surface area contributed by atoms with Gasteiger partial charge in [-0.1, -0.05) is 15.9 Å². The van der Waals surface area contributed by atoms with Gasteiger partial charge in [-0.2, -0.15) is 0 Å². The standard InChI is InChI=1S/C11H16BrN3O2/c1-4-14-7-6-8(12)13(3)9(7)10(16)15(5-2)11(14)17/h8H,4-6H2,1-3H3. The van der Waals surface area contributed by atoms with Gasteiger partial charge in [0, 0.05) is 26.6 Å². The molecule has 2 heterocycles. The highest BCUT2D eigenvalue weighted by Gasteiger charge is 2.31. The predicted octanol–water partition coefficient (Wildman–Crippen LogP) is 0.763. The summed E-state index contributed by atoms with van der Waals surface area (Å²) in [4.78, 5) is 26.3. The van der Waals surface area contributed by atoms with Crippen molar-refractivity contribution in [2.75, 3.05) is 11.9 Å². The van der Waals surface area contributed by atoms with Crippen molar-refractivity contribution in [3.05, 3.63) is 26.5 Å². The third kappa shape index (κ3) is 1.66. The smallest absolute Gasteiger partial charge is 0.331 e. The van der Waals surface area contributed by atoms with Crippen LogP contribution < -0.4 is 16.1 Å². The van der Waals surface area contributed by atoms with Crippen LogP contribution in [0.4, 0.5) is 5.69 Å². The minimum atomic E-state index is -0.200. The molecule has 5 nitrogen and oxygen atoms in total. The van der Waals surface area contributed by atoms with Crippen LogP contribution >= 0.6 is 15.9 Å². The molecule has 0 saturated carbocycles. The van der Waals surface area contributed by atoms with Crippen LogP contribution in [0.25, 0.3) is 0 Å². The topological polar surface area (TPSA) is 47.2 Å². The molecule has 17 heavy (non-hydrogen) atoms. The van der Waals surface area contributed by atoms with E-state index in [4.69, 9.17) is 0 Å². The fraction of sp³-hybridized carbons (Fsp3) is 0.636. The molecule has 2 rings (SSSR count). The lowest BCUT2D eigenvalue weighted by atomic mass is 10.3. The first-order valence-electron chi connectivity index (χ1n) is 5.76. The molecule has 1 aromatic heterocycles. The number of hydrogen-bond donors (Lipinski definition) is 0. The molecule has 1 unspecified atom stereocenters. The fourth-order valence-corrected chi connectivity index (χ4v) is 2.84. The Balaban J connectivity index is 2.84. The Kier molecular flexibility index (Phi) is 3.16. The third-order valence-electron chi connectivity index (χ3n) is 3.28. The number of likely N-dealkylation sites (N-methyl/N-ethyl adjacent to an activating group) is 1. The van der Waals surface area contributed by atoms with Crippen molar-refractivity contribution in [2.24, 2.45) is 0 Å². The molecule has 0 saturated heterocycles. The van der Waals surface area contributed by atoms with Crippen LogP contribution in [-0.4, -0.2) is 21.1 Å². The second-order valence-corrected chi connectivity index (χ2v) is 5.18. The monoisotopic (exact) mass is 301 g/mol. The molecule has 0 aliphatic carbocycles. The van der Waals surface area contributed by atoms with Crippen LogP contribution in [-0.2, 0) is 19.5 Å². The van der Waals surface area contributed by atoms with Crippen LogP contribution in [0.3, 0.4) is 0 Å². The van der Waals surface area contributed by atoms with Crippen molar-refractivity contribution in [1.82, 2.24) is 9.13 Å². The predicted molar refractivity (Wildman–Crippen MR) is 71.1 cm³/mol. The normalized spacial score (nSPS) is 18.6. The summed E-state index contributed by atoms with van der Waals surface area (Å²) in [5.41, 5.74) is 1.11. The maximum absolute atomic E-state index is 12.2. The van der Waals surface area contributed by atoms with Crippen LogP contribution in [0.1, 0.15) is 19.5 Å². The molecule has 0 bridgehead atoms. The van der Waals surface area contributed by atoms with E-state index >= 15 is 0 Å². The van der Waals surface area contributed by atoms with E-state index in [1.54, 1.807) is 4.57 Å². The van der Waals surface area contributed by atoms with Crippen molar-refractivity contribution in [1.29, 1.82) is 0 Å². The summed E-state index contributed by atoms with van der Waals surface area (Å²) in [6, 6.07) is 0. The molecule has 1 aliphatic heterocycles. The van der Waals surface area contributed by atoms with Crippen molar-refractivity contribution in [3.8, 4) is 0 Å². The third-order valence-corrected chi connectivity index (χ3v) is 4.21. The first kappa shape index (κ1) is 12.4. The maximum Gasteiger partial charge on any atom is 0.331 e. The van der Waals surface area contributed by atoms with E-state index in [1.807, 2.05) is 25.8 Å². The number of aromatic nitrogens is 2. The highest BCUT2D eigenvalue weighted by molar-refractivity contribution is 9.09. The Bertz CT molecular complexity index is 561. The summed E-state index contributed by atoms with van der Waals surface area (Å²) < 4.78 is 2.99. The lowest BCUT2D eigenvalue weighted by molar-refractivity contribution is 0.574. The van der Waals surface area contributed by atoms with Gasteiger partial charge in [-0.05, 0) is 13.8 Å². The quantitative estimate of drug-likeness (QED) is 0.599. The molecule has 0 fully saturated rings. The molecule has 94 valence electrons. The second kappa shape index (κ2) is 4.33. The zero-order valence-corrected chi connectivity index (χ0v) is 11.8. The van der Waals surface area contributed by atoms with Crippen LogP contribution in [0, 0.1) is 0 Å². The van der Waals surface area contributed by atoms with E-state index < -0.39 is 0 Å². The molecule has 0 spiro atoms. The molecule has 1 aliphatic rings. The van der Waals surface area contributed by atoms with Gasteiger partial charge in [-0.25, -0.2) is 4.79 Å². The summed E-state index contributed by atoms with van der Waals surface area (Å²) >= 11 is 3.52. The number of rotatable bonds is 2. The van der Waals surface area contributed by atoms with Gasteiger partial charge in [0.1, 0.15) is 5.69 Å². The van der Waals surface area contributed by atoms with Gasteiger partial charge in [0.05, 0.1) is 10.6 Å². The Labute approximate surface area is 108 Å². The molecule has 0 radical (unpaired) electrons. The van der Waals surface area contributed by atoms with Crippen LogP contribution in [0.5, 0.6) is 0 Å². The Hall–Kier alpha value is -1.04. The van der Waals surface area contributed by atoms with Gasteiger partial charge in [-0.3, -0.25) is 13.9 Å². The van der Waals surface area contributed by atoms with Gasteiger partial charge in [0.15, 0.2) is 0 Å². The van der Waals surface area contributed by atoms with E-state index in [0.717, 1.165) is 5.69 Å². The summed E-state index contributed by atoms with van der Waals surface area (Å²) in [5.74, 6) is 0. The summed E-state index contributed by atoms with van der Waals surface area (Å²) in [6.07, 6.45) is 0.689. The van der Waals surface area contributed by atoms with Crippen molar-refractivity contribution < 1.29 is 0 Å². The first-order valence-corrected chi connectivity index (χ1v) is 6.67. The van der Waals surface area contributed by atoms with Gasteiger partial charge in [0.25, 0.3) is 5.56 Å². The van der Waals surface area contributed by atoms with Crippen LogP contribution in [0.15, 0.2) is 9.59 Å². The molecular formula is C11H16BrN3O2. The van der Waals surface area contributed by atoms with Gasteiger partial charge in [-0.15, -0.1) is 0 Å². The number of nitrogens with zero attached hydrogens (tertiary/aromatic N) is 3. The van der Waals surface area contributed by atoms with E-state index in [9.17, 15) is 9.59 Å². The second-order valence-electron chi connectivity index (χ2n) is 4.12. The minimum Gasteiger partial charge on any atom is -0.356 e. The fourth-order valence-electron chi connectivity index (χ4n) is 2.33. The van der Waals surface area contributed by atoms with E-state index in [1.165, 1.54) is 4.57 Å². The van der Waals surface area contributed by atoms with E-state index in [2.05, 4.69) is 15.9 Å². The average molecular weight is 302 g/mol. The molecule has 1 aromatic rings. The molecular weight excluding hydrogens is 286 g/mol. The maximum atomic E-state index is 12.2. The van der Waals surface area contributed by atoms with Crippen molar-refractivity contribution >= 4 is 21.6 Å². The van der Waals surface area contributed by atoms with E-state index in [0.29, 0.717) is 25.2 Å². The van der Waals surface area contributed by atoms with Crippen molar-refractivity contribution in [3.63, 3.8) is 0 Å². The summed E-state index contributed by atoms with van der Waals surface area (Å²) in [5, 5.41) is 0. The SMILES string of the molecule is CCn1c2c(c(=O)n(CC)c1=O)N(C)C(Br)C2. The highest BCUT2D eigenvalue weighted by atomic mass is 79.9. The Morgan fingerprint density at radius 3 is 2.35 bits per heavy atom. The molecule has 0 aromatic carbocycles. The Morgan fingerprint density at radius 2 is 1.82 bits per heavy atom. The molecule has 1 atom stereocenters. The zero-order chi connectivity index (χ0) is 12.7. The highest BCUT2D eigenvalue weighted by Crippen LogP contribution is 2.29. The van der Waals surface area contributed by atoms with Gasteiger partial charge in [0.2, 0.25) is 0 Å². The number of fused-ring (bicyclic) bond motifs is 1. The minimum absolute atomic E-state index is 0.0927. The van der Waals surface area contributed by atoms with E-state index in [-0.39, 0.29) is 16.2 Å². The number of anilines is 1. The number of hydrogen-bond acceptors (Lipinski definition) is 3. The van der Waals surface area contributed by atoms with Crippen molar-refractivity contribution in [2.45, 2.75) is 38.3 Å². The lowest BCUT2D eigenvalue weighted by Crippen LogP contribution is -2.42.